The van der Waals surface area contributed by atoms with Gasteiger partial charge < -0.3 is 11.1 Å². The van der Waals surface area contributed by atoms with Crippen LogP contribution in [0.4, 0.5) is 0 Å². The summed E-state index contributed by atoms with van der Waals surface area (Å²) in [5.74, 6) is -0.0814. The van der Waals surface area contributed by atoms with E-state index in [0.29, 0.717) is 6.04 Å². The molecule has 1 aliphatic heterocycles. The van der Waals surface area contributed by atoms with Crippen molar-refractivity contribution in [2.24, 2.45) is 11.7 Å². The van der Waals surface area contributed by atoms with Crippen molar-refractivity contribution in [3.05, 3.63) is 17.5 Å². The molecule has 1 amide bonds. The van der Waals surface area contributed by atoms with Crippen LogP contribution in [-0.2, 0) is 24.3 Å². The van der Waals surface area contributed by atoms with Gasteiger partial charge in [-0.25, -0.2) is 0 Å². The van der Waals surface area contributed by atoms with Crippen LogP contribution in [0.3, 0.4) is 0 Å². The Balaban J connectivity index is 1.55. The van der Waals surface area contributed by atoms with E-state index in [1.165, 1.54) is 17.7 Å². The first-order valence-electron chi connectivity index (χ1n) is 7.30. The van der Waals surface area contributed by atoms with E-state index in [1.807, 2.05) is 6.20 Å². The number of hydrogen-bond acceptors (Lipinski definition) is 3. The summed E-state index contributed by atoms with van der Waals surface area (Å²) >= 11 is 0. The number of nitrogens with two attached hydrogens (primary N) is 1. The maximum Gasteiger partial charge on any atom is 0.220 e. The van der Waals surface area contributed by atoms with Crippen molar-refractivity contribution < 1.29 is 4.79 Å². The van der Waals surface area contributed by atoms with Crippen molar-refractivity contribution in [3.63, 3.8) is 0 Å². The third-order valence-electron chi connectivity index (χ3n) is 4.48. The second kappa shape index (κ2) is 5.33. The van der Waals surface area contributed by atoms with Crippen LogP contribution in [0, 0.1) is 5.92 Å². The first kappa shape index (κ1) is 12.7. The van der Waals surface area contributed by atoms with Gasteiger partial charge in [0.15, 0.2) is 0 Å². The van der Waals surface area contributed by atoms with E-state index in [0.717, 1.165) is 45.2 Å². The maximum absolute atomic E-state index is 11.3. The number of aryl methyl sites for hydroxylation is 1. The molecule has 1 aromatic heterocycles. The molecular formula is C14H22N4O. The van der Waals surface area contributed by atoms with Crippen LogP contribution < -0.4 is 11.1 Å². The SMILES string of the molecule is NC(=O)[C@@H]1CCC[C@H](NCc2cnn3c2CCC3)C1. The third-order valence-corrected chi connectivity index (χ3v) is 4.48. The first-order valence-corrected chi connectivity index (χ1v) is 7.30. The predicted octanol–water partition coefficient (Wildman–Crippen LogP) is 0.963. The van der Waals surface area contributed by atoms with Gasteiger partial charge in [0.1, 0.15) is 0 Å². The average Bonchev–Trinajstić information content (AvgIpc) is 3.00. The largest absolute Gasteiger partial charge is 0.369 e. The number of carbonyl (C=O) groups is 1. The number of hydrogen-bond donors (Lipinski definition) is 2. The van der Waals surface area contributed by atoms with E-state index in [4.69, 9.17) is 5.73 Å². The van der Waals surface area contributed by atoms with Gasteiger partial charge in [0.25, 0.3) is 0 Å². The van der Waals surface area contributed by atoms with Gasteiger partial charge in [0.05, 0.1) is 6.20 Å². The summed E-state index contributed by atoms with van der Waals surface area (Å²) < 4.78 is 2.12. The average molecular weight is 262 g/mol. The Hall–Kier alpha value is -1.36. The van der Waals surface area contributed by atoms with Gasteiger partial charge in [-0.1, -0.05) is 6.42 Å². The molecule has 0 spiro atoms. The molecule has 2 aliphatic rings. The number of nitrogens with one attached hydrogen (secondary N) is 1. The second-order valence-electron chi connectivity index (χ2n) is 5.79. The molecule has 0 aromatic carbocycles. The number of aromatic nitrogens is 2. The normalized spacial score (nSPS) is 26.3. The zero-order valence-corrected chi connectivity index (χ0v) is 11.3. The quantitative estimate of drug-likeness (QED) is 0.849. The molecule has 0 bridgehead atoms. The molecule has 3 N–H and O–H groups in total. The first-order chi connectivity index (χ1) is 9.24. The number of rotatable bonds is 4. The Morgan fingerprint density at radius 2 is 2.37 bits per heavy atom. The summed E-state index contributed by atoms with van der Waals surface area (Å²) in [6.45, 7) is 1.92. The fraction of sp³-hybridized carbons (Fsp3) is 0.714. The third kappa shape index (κ3) is 2.66. The molecule has 19 heavy (non-hydrogen) atoms. The number of carbonyl (C=O) groups excluding carboxylic acids is 1. The Morgan fingerprint density at radius 3 is 3.21 bits per heavy atom. The van der Waals surface area contributed by atoms with Gasteiger partial charge in [-0.3, -0.25) is 9.48 Å². The molecule has 1 aliphatic carbocycles. The van der Waals surface area contributed by atoms with Crippen molar-refractivity contribution in [1.82, 2.24) is 15.1 Å². The minimum absolute atomic E-state index is 0.0594. The van der Waals surface area contributed by atoms with Gasteiger partial charge >= 0.3 is 0 Å². The van der Waals surface area contributed by atoms with Crippen molar-refractivity contribution in [2.75, 3.05) is 0 Å². The number of primary amides is 1. The molecule has 5 heteroatoms. The van der Waals surface area contributed by atoms with Crippen LogP contribution in [0.25, 0.3) is 0 Å². The molecule has 0 radical (unpaired) electrons. The summed E-state index contributed by atoms with van der Waals surface area (Å²) in [6, 6.07) is 0.420. The van der Waals surface area contributed by atoms with Crippen molar-refractivity contribution in [1.29, 1.82) is 0 Å². The van der Waals surface area contributed by atoms with Crippen LogP contribution in [0.1, 0.15) is 43.4 Å². The lowest BCUT2D eigenvalue weighted by atomic mass is 9.85. The molecule has 1 fully saturated rings. The van der Waals surface area contributed by atoms with E-state index in [-0.39, 0.29) is 11.8 Å². The molecule has 5 nitrogen and oxygen atoms in total. The topological polar surface area (TPSA) is 72.9 Å². The Morgan fingerprint density at radius 1 is 1.47 bits per heavy atom. The molecule has 104 valence electrons. The Bertz CT molecular complexity index is 468. The molecule has 2 heterocycles. The van der Waals surface area contributed by atoms with E-state index >= 15 is 0 Å². The number of amides is 1. The van der Waals surface area contributed by atoms with Crippen LogP contribution in [0.2, 0.25) is 0 Å². The van der Waals surface area contributed by atoms with Gasteiger partial charge in [-0.2, -0.15) is 5.10 Å². The van der Waals surface area contributed by atoms with Gasteiger partial charge in [-0.15, -0.1) is 0 Å². The standard InChI is InChI=1S/C14H22N4O/c15-14(19)10-3-1-4-12(7-10)16-8-11-9-17-18-6-2-5-13(11)18/h9-10,12,16H,1-8H2,(H2,15,19)/t10-,12+/m1/s1. The molecular weight excluding hydrogens is 240 g/mol. The lowest BCUT2D eigenvalue weighted by molar-refractivity contribution is -0.122. The summed E-state index contributed by atoms with van der Waals surface area (Å²) in [7, 11) is 0. The highest BCUT2D eigenvalue weighted by molar-refractivity contribution is 5.76. The minimum Gasteiger partial charge on any atom is -0.369 e. The Labute approximate surface area is 113 Å². The molecule has 0 saturated heterocycles. The smallest absolute Gasteiger partial charge is 0.220 e. The van der Waals surface area contributed by atoms with Gasteiger partial charge in [-0.05, 0) is 32.1 Å². The predicted molar refractivity (Wildman–Crippen MR) is 72.3 cm³/mol. The second-order valence-corrected chi connectivity index (χ2v) is 5.79. The summed E-state index contributed by atoms with van der Waals surface area (Å²) in [4.78, 5) is 11.3. The fourth-order valence-electron chi connectivity index (χ4n) is 3.36. The van der Waals surface area contributed by atoms with Crippen molar-refractivity contribution in [3.8, 4) is 0 Å². The lowest BCUT2D eigenvalue weighted by Crippen LogP contribution is -2.38. The highest BCUT2D eigenvalue weighted by Crippen LogP contribution is 2.25. The van der Waals surface area contributed by atoms with Crippen LogP contribution in [0.5, 0.6) is 0 Å². The van der Waals surface area contributed by atoms with Crippen LogP contribution in [0.15, 0.2) is 6.20 Å². The summed E-state index contributed by atoms with van der Waals surface area (Å²) in [5, 5.41) is 7.98. The Kier molecular flexibility index (Phi) is 3.55. The van der Waals surface area contributed by atoms with E-state index in [1.54, 1.807) is 0 Å². The number of nitrogens with zero attached hydrogens (tertiary/aromatic N) is 2. The summed E-state index contributed by atoms with van der Waals surface area (Å²) in [5.41, 5.74) is 8.12. The van der Waals surface area contributed by atoms with Crippen molar-refractivity contribution >= 4 is 5.91 Å². The molecule has 1 saturated carbocycles. The zero-order chi connectivity index (χ0) is 13.2. The van der Waals surface area contributed by atoms with Gasteiger partial charge in [0, 0.05) is 36.3 Å². The molecule has 1 aromatic rings. The van der Waals surface area contributed by atoms with Crippen LogP contribution >= 0.6 is 0 Å². The molecule has 0 unspecified atom stereocenters. The van der Waals surface area contributed by atoms with E-state index < -0.39 is 0 Å². The zero-order valence-electron chi connectivity index (χ0n) is 11.3. The van der Waals surface area contributed by atoms with Gasteiger partial charge in [0.2, 0.25) is 5.91 Å². The van der Waals surface area contributed by atoms with E-state index in [9.17, 15) is 4.79 Å². The molecule has 2 atom stereocenters. The lowest BCUT2D eigenvalue weighted by Gasteiger charge is -2.28. The molecule has 3 rings (SSSR count). The maximum atomic E-state index is 11.3. The highest BCUT2D eigenvalue weighted by Gasteiger charge is 2.25. The fourth-order valence-corrected chi connectivity index (χ4v) is 3.36. The summed E-state index contributed by atoms with van der Waals surface area (Å²) in [6.07, 6.45) is 8.42. The monoisotopic (exact) mass is 262 g/mol. The highest BCUT2D eigenvalue weighted by atomic mass is 16.1. The van der Waals surface area contributed by atoms with Crippen LogP contribution in [-0.4, -0.2) is 21.7 Å². The van der Waals surface area contributed by atoms with E-state index in [2.05, 4.69) is 15.1 Å². The minimum atomic E-state index is -0.141. The number of fused-ring (bicyclic) bond motifs is 1. The van der Waals surface area contributed by atoms with Crippen molar-refractivity contribution in [2.45, 2.75) is 57.7 Å².